The molecule has 0 spiro atoms. The van der Waals surface area contributed by atoms with Crippen molar-refractivity contribution in [1.82, 2.24) is 0 Å². The molecule has 0 radical (unpaired) electrons. The fourth-order valence-corrected chi connectivity index (χ4v) is 3.99. The van der Waals surface area contributed by atoms with Gasteiger partial charge < -0.3 is 4.74 Å². The number of rotatable bonds is 6. The van der Waals surface area contributed by atoms with Crippen molar-refractivity contribution in [2.24, 2.45) is 0 Å². The number of sulfonamides is 1. The van der Waals surface area contributed by atoms with Crippen LogP contribution in [0.4, 0.5) is 18.9 Å². The smallest absolute Gasteiger partial charge is 0.417 e. The number of hydrogen-bond acceptors (Lipinski definition) is 4. The van der Waals surface area contributed by atoms with Crippen LogP contribution in [0.5, 0.6) is 0 Å². The molecule has 0 atom stereocenters. The Morgan fingerprint density at radius 2 is 1.75 bits per heavy atom. The van der Waals surface area contributed by atoms with Crippen molar-refractivity contribution in [3.63, 3.8) is 0 Å². The fraction of sp³-hybridized carbons (Fsp3) is 0.278. The first-order chi connectivity index (χ1) is 13.0. The van der Waals surface area contributed by atoms with E-state index in [4.69, 9.17) is 16.3 Å². The summed E-state index contributed by atoms with van der Waals surface area (Å²) in [5.41, 5.74) is -0.772. The summed E-state index contributed by atoms with van der Waals surface area (Å²) < 4.78 is 71.0. The molecule has 5 nitrogen and oxygen atoms in total. The molecule has 152 valence electrons. The molecule has 0 N–H and O–H groups in total. The van der Waals surface area contributed by atoms with Crippen molar-refractivity contribution in [3.05, 3.63) is 58.6 Å². The summed E-state index contributed by atoms with van der Waals surface area (Å²) in [5, 5.41) is -0.583. The fourth-order valence-electron chi connectivity index (χ4n) is 2.36. The second-order valence-corrected chi connectivity index (χ2v) is 8.06. The third kappa shape index (κ3) is 4.96. The van der Waals surface area contributed by atoms with E-state index in [1.165, 1.54) is 19.1 Å². The number of benzene rings is 2. The van der Waals surface area contributed by atoms with Gasteiger partial charge in [0, 0.05) is 0 Å². The zero-order chi connectivity index (χ0) is 21.1. The van der Waals surface area contributed by atoms with Gasteiger partial charge >= 0.3 is 12.1 Å². The first-order valence-corrected chi connectivity index (χ1v) is 9.90. The van der Waals surface area contributed by atoms with Gasteiger partial charge in [0.2, 0.25) is 0 Å². The van der Waals surface area contributed by atoms with Crippen LogP contribution in [0.2, 0.25) is 5.02 Å². The van der Waals surface area contributed by atoms with E-state index in [0.717, 1.165) is 17.7 Å². The van der Waals surface area contributed by atoms with Gasteiger partial charge in [-0.1, -0.05) is 29.3 Å². The van der Waals surface area contributed by atoms with Gasteiger partial charge in [-0.2, -0.15) is 13.2 Å². The van der Waals surface area contributed by atoms with E-state index in [-0.39, 0.29) is 17.2 Å². The maximum atomic E-state index is 13.2. The van der Waals surface area contributed by atoms with E-state index in [1.807, 2.05) is 0 Å². The van der Waals surface area contributed by atoms with Gasteiger partial charge in [-0.15, -0.1) is 0 Å². The average Bonchev–Trinajstić information content (AvgIpc) is 2.60. The molecule has 2 rings (SSSR count). The lowest BCUT2D eigenvalue weighted by Crippen LogP contribution is -2.36. The molecule has 0 amide bonds. The Labute approximate surface area is 165 Å². The maximum absolute atomic E-state index is 13.2. The molecule has 0 bridgehead atoms. The number of halogens is 4. The minimum absolute atomic E-state index is 0.00826. The molecular formula is C18H17ClF3NO4S. The van der Waals surface area contributed by atoms with E-state index < -0.39 is 39.3 Å². The molecule has 0 aromatic heterocycles. The molecule has 0 aliphatic rings. The van der Waals surface area contributed by atoms with Crippen molar-refractivity contribution in [2.45, 2.75) is 24.9 Å². The Kier molecular flexibility index (Phi) is 6.61. The standard InChI is InChI=1S/C18H17ClF3NO4S/c1-3-27-17(24)11-23(28(25,26)14-7-4-12(2)5-8-14)13-6-9-16(19)15(10-13)18(20,21)22/h4-10H,3,11H2,1-2H3. The number of carbonyl (C=O) groups is 1. The predicted octanol–water partition coefficient (Wildman–Crippen LogP) is 4.43. The molecule has 28 heavy (non-hydrogen) atoms. The first kappa shape index (κ1) is 22.0. The van der Waals surface area contributed by atoms with Gasteiger partial charge in [-0.3, -0.25) is 9.10 Å². The van der Waals surface area contributed by atoms with Gasteiger partial charge in [0.1, 0.15) is 6.54 Å². The highest BCUT2D eigenvalue weighted by molar-refractivity contribution is 7.92. The topological polar surface area (TPSA) is 63.7 Å². The van der Waals surface area contributed by atoms with Gasteiger partial charge in [0.15, 0.2) is 0 Å². The molecule has 0 heterocycles. The summed E-state index contributed by atoms with van der Waals surface area (Å²) in [6.45, 7) is 2.48. The number of aryl methyl sites for hydroxylation is 1. The molecule has 0 saturated heterocycles. The lowest BCUT2D eigenvalue weighted by atomic mass is 10.2. The summed E-state index contributed by atoms with van der Waals surface area (Å²) >= 11 is 5.61. The Morgan fingerprint density at radius 3 is 2.29 bits per heavy atom. The number of esters is 1. The highest BCUT2D eigenvalue weighted by Gasteiger charge is 2.35. The normalized spacial score (nSPS) is 11.9. The Balaban J connectivity index is 2.60. The van der Waals surface area contributed by atoms with Crippen LogP contribution in [0, 0.1) is 6.92 Å². The van der Waals surface area contributed by atoms with Crippen LogP contribution < -0.4 is 4.31 Å². The predicted molar refractivity (Wildman–Crippen MR) is 98.8 cm³/mol. The van der Waals surface area contributed by atoms with Crippen LogP contribution >= 0.6 is 11.6 Å². The molecule has 0 fully saturated rings. The molecule has 2 aromatic rings. The Bertz CT molecular complexity index is 960. The van der Waals surface area contributed by atoms with Gasteiger partial charge in [0.05, 0.1) is 27.8 Å². The molecule has 0 aliphatic heterocycles. The number of ether oxygens (including phenoxy) is 1. The number of anilines is 1. The Morgan fingerprint density at radius 1 is 1.14 bits per heavy atom. The number of nitrogens with zero attached hydrogens (tertiary/aromatic N) is 1. The second kappa shape index (κ2) is 8.40. The lowest BCUT2D eigenvalue weighted by Gasteiger charge is -2.24. The van der Waals surface area contributed by atoms with Gasteiger partial charge in [-0.05, 0) is 44.2 Å². The summed E-state index contributed by atoms with van der Waals surface area (Å²) in [6, 6.07) is 8.32. The summed E-state index contributed by atoms with van der Waals surface area (Å²) in [5.74, 6) is -0.901. The Hall–Kier alpha value is -2.26. The first-order valence-electron chi connectivity index (χ1n) is 8.08. The van der Waals surface area contributed by atoms with E-state index in [0.29, 0.717) is 10.4 Å². The minimum atomic E-state index is -4.80. The number of carbonyl (C=O) groups excluding carboxylic acids is 1. The minimum Gasteiger partial charge on any atom is -0.465 e. The molecule has 0 unspecified atom stereocenters. The molecule has 0 saturated carbocycles. The molecule has 2 aromatic carbocycles. The zero-order valence-corrected chi connectivity index (χ0v) is 16.5. The van der Waals surface area contributed by atoms with Crippen molar-refractivity contribution in [1.29, 1.82) is 0 Å². The third-order valence-corrected chi connectivity index (χ3v) is 5.85. The monoisotopic (exact) mass is 435 g/mol. The quantitative estimate of drug-likeness (QED) is 0.630. The van der Waals surface area contributed by atoms with Crippen molar-refractivity contribution in [2.75, 3.05) is 17.5 Å². The average molecular weight is 436 g/mol. The van der Waals surface area contributed by atoms with Crippen LogP contribution in [0.15, 0.2) is 47.4 Å². The van der Waals surface area contributed by atoms with E-state index in [1.54, 1.807) is 19.1 Å². The van der Waals surface area contributed by atoms with Crippen molar-refractivity contribution in [3.8, 4) is 0 Å². The lowest BCUT2D eigenvalue weighted by molar-refractivity contribution is -0.141. The van der Waals surface area contributed by atoms with Gasteiger partial charge in [-0.25, -0.2) is 8.42 Å². The number of hydrogen-bond donors (Lipinski definition) is 0. The summed E-state index contributed by atoms with van der Waals surface area (Å²) in [6.07, 6.45) is -4.80. The maximum Gasteiger partial charge on any atom is 0.417 e. The van der Waals surface area contributed by atoms with Crippen LogP contribution in [0.25, 0.3) is 0 Å². The van der Waals surface area contributed by atoms with Crippen LogP contribution in [0.3, 0.4) is 0 Å². The SMILES string of the molecule is CCOC(=O)CN(c1ccc(Cl)c(C(F)(F)F)c1)S(=O)(=O)c1ccc(C)cc1. The third-order valence-electron chi connectivity index (χ3n) is 3.73. The number of alkyl halides is 3. The van der Waals surface area contributed by atoms with E-state index in [2.05, 4.69) is 0 Å². The highest BCUT2D eigenvalue weighted by Crippen LogP contribution is 2.38. The largest absolute Gasteiger partial charge is 0.465 e. The second-order valence-electron chi connectivity index (χ2n) is 5.79. The van der Waals surface area contributed by atoms with Crippen LogP contribution in [0.1, 0.15) is 18.1 Å². The van der Waals surface area contributed by atoms with Gasteiger partial charge in [0.25, 0.3) is 10.0 Å². The van der Waals surface area contributed by atoms with Crippen molar-refractivity contribution >= 4 is 33.3 Å². The molecule has 10 heteroatoms. The summed E-state index contributed by atoms with van der Waals surface area (Å²) in [4.78, 5) is 11.8. The zero-order valence-electron chi connectivity index (χ0n) is 15.0. The summed E-state index contributed by atoms with van der Waals surface area (Å²) in [7, 11) is -4.34. The highest BCUT2D eigenvalue weighted by atomic mass is 35.5. The van der Waals surface area contributed by atoms with Crippen LogP contribution in [-0.2, 0) is 25.7 Å². The molecular weight excluding hydrogens is 419 g/mol. The van der Waals surface area contributed by atoms with Crippen molar-refractivity contribution < 1.29 is 31.1 Å². The van der Waals surface area contributed by atoms with Crippen LogP contribution in [-0.4, -0.2) is 27.5 Å². The van der Waals surface area contributed by atoms with E-state index >= 15 is 0 Å². The molecule has 0 aliphatic carbocycles. The van der Waals surface area contributed by atoms with E-state index in [9.17, 15) is 26.4 Å².